The number of hydrogen-bond acceptors (Lipinski definition) is 2. The van der Waals surface area contributed by atoms with E-state index in [1.807, 2.05) is 62.3 Å². The lowest BCUT2D eigenvalue weighted by Crippen LogP contribution is -1.97. The van der Waals surface area contributed by atoms with Crippen molar-refractivity contribution in [3.05, 3.63) is 71.0 Å². The van der Waals surface area contributed by atoms with Crippen molar-refractivity contribution in [1.29, 1.82) is 0 Å². The average molecular weight is 520 g/mol. The van der Waals surface area contributed by atoms with Gasteiger partial charge in [0.1, 0.15) is 5.76 Å². The fourth-order valence-corrected chi connectivity index (χ4v) is 1.67. The number of hydrogen-bond donors (Lipinski definition) is 1. The maximum absolute atomic E-state index is 9.03. The molecule has 0 amide bonds. The number of benzene rings is 1. The SMILES string of the molecule is C=C(C)C.C=C(O)/C(C)=C(/C)C(C)=NC.CC.CC.CC(C)C.CCCC.CCc1ccc(CC)cc1. The van der Waals surface area contributed by atoms with Gasteiger partial charge in [0.2, 0.25) is 0 Å². The highest BCUT2D eigenvalue weighted by atomic mass is 16.3. The fourth-order valence-electron chi connectivity index (χ4n) is 1.67. The Morgan fingerprint density at radius 3 is 1.08 bits per heavy atom. The highest BCUT2D eigenvalue weighted by Gasteiger charge is 2.01. The molecule has 0 aliphatic heterocycles. The molecule has 0 aromatic heterocycles. The molecule has 37 heavy (non-hydrogen) atoms. The molecule has 0 bridgehead atoms. The summed E-state index contributed by atoms with van der Waals surface area (Å²) in [5.74, 6) is 0.950. The van der Waals surface area contributed by atoms with Crippen LogP contribution in [-0.2, 0) is 12.8 Å². The molecule has 1 aromatic rings. The van der Waals surface area contributed by atoms with Gasteiger partial charge >= 0.3 is 0 Å². The van der Waals surface area contributed by atoms with Crippen LogP contribution in [0.4, 0.5) is 0 Å². The van der Waals surface area contributed by atoms with Crippen molar-refractivity contribution in [1.82, 2.24) is 0 Å². The third kappa shape index (κ3) is 47.7. The third-order valence-corrected chi connectivity index (χ3v) is 4.21. The van der Waals surface area contributed by atoms with Crippen molar-refractivity contribution >= 4 is 5.71 Å². The number of unbranched alkanes of at least 4 members (excludes halogenated alkanes) is 1. The Labute approximate surface area is 236 Å². The standard InChI is InChI=1S/C10H14.C9H15NO.C4H10.C4H8.C4H10.2C2H6/c1-3-9-5-7-10(4-2)8-6-9;1-6(8(3)10-5)7(2)9(4)11;2*1-4(2)3;1-3-4-2;2*1-2/h5-8H,3-4H2,1-2H3;11H,4H2,1-3,5H3;4H,1-3H3;1H2,2-3H3;3-4H2,1-2H3;2*1-2H3/b;7-6-,10-8?;;;;;. The number of allylic oxidation sites excluding steroid dienone is 3. The predicted octanol–water partition coefficient (Wildman–Crippen LogP) is 12.4. The first-order chi connectivity index (χ1) is 17.2. The minimum Gasteiger partial charge on any atom is -0.508 e. The molecule has 0 fully saturated rings. The summed E-state index contributed by atoms with van der Waals surface area (Å²) in [6, 6.07) is 8.83. The smallest absolute Gasteiger partial charge is 0.111 e. The summed E-state index contributed by atoms with van der Waals surface area (Å²) in [5.41, 5.74) is 6.74. The number of aryl methyl sites for hydroxylation is 2. The molecular formula is C35H69NO. The minimum atomic E-state index is 0.116. The molecule has 0 aliphatic rings. The number of aliphatic imine (C=N–C) groups is 1. The molecule has 0 saturated carbocycles. The summed E-state index contributed by atoms with van der Waals surface area (Å²) in [6.07, 6.45) is 4.92. The van der Waals surface area contributed by atoms with Crippen LogP contribution in [0, 0.1) is 5.92 Å². The van der Waals surface area contributed by atoms with E-state index in [2.05, 4.69) is 90.9 Å². The van der Waals surface area contributed by atoms with Crippen LogP contribution in [0.3, 0.4) is 0 Å². The first-order valence-electron chi connectivity index (χ1n) is 14.4. The molecular weight excluding hydrogens is 450 g/mol. The lowest BCUT2D eigenvalue weighted by Gasteiger charge is -2.04. The molecule has 1 N–H and O–H groups in total. The normalized spacial score (nSPS) is 9.73. The quantitative estimate of drug-likeness (QED) is 0.178. The van der Waals surface area contributed by atoms with E-state index < -0.39 is 0 Å². The summed E-state index contributed by atoms with van der Waals surface area (Å²) in [7, 11) is 1.73. The molecule has 220 valence electrons. The van der Waals surface area contributed by atoms with Gasteiger partial charge < -0.3 is 5.11 Å². The van der Waals surface area contributed by atoms with Crippen LogP contribution in [0.2, 0.25) is 0 Å². The first-order valence-corrected chi connectivity index (χ1v) is 14.4. The van der Waals surface area contributed by atoms with Crippen LogP contribution in [0.5, 0.6) is 0 Å². The average Bonchev–Trinajstić information content (AvgIpc) is 2.89. The number of aliphatic hydroxyl groups is 1. The number of aliphatic hydroxyl groups excluding tert-OH is 1. The van der Waals surface area contributed by atoms with E-state index in [1.165, 1.54) is 29.5 Å². The molecule has 0 unspecified atom stereocenters. The maximum Gasteiger partial charge on any atom is 0.111 e. The van der Waals surface area contributed by atoms with Crippen LogP contribution < -0.4 is 0 Å². The lowest BCUT2D eigenvalue weighted by atomic mass is 10.1. The Bertz CT molecular complexity index is 629. The van der Waals surface area contributed by atoms with Crippen molar-refractivity contribution in [3.63, 3.8) is 0 Å². The maximum atomic E-state index is 9.03. The van der Waals surface area contributed by atoms with Gasteiger partial charge in [-0.2, -0.15) is 0 Å². The van der Waals surface area contributed by atoms with Gasteiger partial charge in [-0.3, -0.25) is 4.99 Å². The molecule has 1 aromatic carbocycles. The van der Waals surface area contributed by atoms with Crippen LogP contribution >= 0.6 is 0 Å². The third-order valence-electron chi connectivity index (χ3n) is 4.21. The van der Waals surface area contributed by atoms with Gasteiger partial charge in [0.25, 0.3) is 0 Å². The topological polar surface area (TPSA) is 32.6 Å². The largest absolute Gasteiger partial charge is 0.508 e. The van der Waals surface area contributed by atoms with E-state index in [9.17, 15) is 0 Å². The van der Waals surface area contributed by atoms with Crippen molar-refractivity contribution in [2.24, 2.45) is 10.9 Å². The van der Waals surface area contributed by atoms with E-state index in [0.717, 1.165) is 35.6 Å². The molecule has 0 radical (unpaired) electrons. The molecule has 2 nitrogen and oxygen atoms in total. The van der Waals surface area contributed by atoms with Crippen LogP contribution in [0.25, 0.3) is 0 Å². The Hall–Kier alpha value is -2.09. The monoisotopic (exact) mass is 520 g/mol. The van der Waals surface area contributed by atoms with E-state index in [4.69, 9.17) is 5.11 Å². The highest BCUT2D eigenvalue weighted by Crippen LogP contribution is 2.11. The van der Waals surface area contributed by atoms with Gasteiger partial charge in [0.15, 0.2) is 0 Å². The summed E-state index contributed by atoms with van der Waals surface area (Å²) >= 11 is 0. The predicted molar refractivity (Wildman–Crippen MR) is 179 cm³/mol. The van der Waals surface area contributed by atoms with Gasteiger partial charge in [-0.15, -0.1) is 6.58 Å². The second-order valence-corrected chi connectivity index (χ2v) is 8.97. The summed E-state index contributed by atoms with van der Waals surface area (Å²) in [4.78, 5) is 4.00. The summed E-state index contributed by atoms with van der Waals surface area (Å²) in [6.45, 7) is 39.8. The van der Waals surface area contributed by atoms with Crippen LogP contribution in [0.1, 0.15) is 135 Å². The molecule has 2 heteroatoms. The van der Waals surface area contributed by atoms with E-state index >= 15 is 0 Å². The van der Waals surface area contributed by atoms with Crippen molar-refractivity contribution < 1.29 is 5.11 Å². The molecule has 0 atom stereocenters. The van der Waals surface area contributed by atoms with Crippen LogP contribution in [-0.4, -0.2) is 17.9 Å². The van der Waals surface area contributed by atoms with E-state index in [1.54, 1.807) is 7.05 Å². The Kier molecular flexibility index (Phi) is 49.9. The lowest BCUT2D eigenvalue weighted by molar-refractivity contribution is 0.425. The molecule has 0 saturated heterocycles. The summed E-state index contributed by atoms with van der Waals surface area (Å²) < 4.78 is 0. The van der Waals surface area contributed by atoms with Gasteiger partial charge in [0.05, 0.1) is 0 Å². The van der Waals surface area contributed by atoms with Crippen molar-refractivity contribution in [2.45, 2.75) is 136 Å². The van der Waals surface area contributed by atoms with Crippen molar-refractivity contribution in [2.75, 3.05) is 7.05 Å². The molecule has 0 aliphatic carbocycles. The fraction of sp³-hybridized carbons (Fsp3) is 0.629. The van der Waals surface area contributed by atoms with Gasteiger partial charge in [-0.05, 0) is 75.7 Å². The minimum absolute atomic E-state index is 0.116. The second kappa shape index (κ2) is 38.4. The van der Waals surface area contributed by atoms with E-state index in [0.29, 0.717) is 0 Å². The zero-order valence-corrected chi connectivity index (χ0v) is 28.5. The number of nitrogens with zero attached hydrogens (tertiary/aromatic N) is 1. The van der Waals surface area contributed by atoms with Gasteiger partial charge in [-0.25, -0.2) is 0 Å². The zero-order valence-electron chi connectivity index (χ0n) is 28.5. The Balaban J connectivity index is -0.0000000841. The molecule has 1 rings (SSSR count). The van der Waals surface area contributed by atoms with Crippen LogP contribution in [0.15, 0.2) is 64.9 Å². The van der Waals surface area contributed by atoms with Crippen molar-refractivity contribution in [3.8, 4) is 0 Å². The second-order valence-electron chi connectivity index (χ2n) is 8.97. The number of rotatable bonds is 5. The van der Waals surface area contributed by atoms with E-state index in [-0.39, 0.29) is 5.76 Å². The summed E-state index contributed by atoms with van der Waals surface area (Å²) in [5, 5.41) is 9.03. The Morgan fingerprint density at radius 1 is 0.703 bits per heavy atom. The highest BCUT2D eigenvalue weighted by molar-refractivity contribution is 5.98. The molecule has 0 heterocycles. The molecule has 0 spiro atoms. The first kappa shape index (κ1) is 48.0. The van der Waals surface area contributed by atoms with Gasteiger partial charge in [-0.1, -0.05) is 125 Å². The van der Waals surface area contributed by atoms with Gasteiger partial charge in [0, 0.05) is 12.8 Å². The zero-order chi connectivity index (χ0) is 31.0. The Morgan fingerprint density at radius 2 is 0.946 bits per heavy atom.